The van der Waals surface area contributed by atoms with E-state index in [1.807, 2.05) is 6.07 Å². The van der Waals surface area contributed by atoms with Crippen molar-refractivity contribution in [2.24, 2.45) is 0 Å². The number of anilines is 2. The highest BCUT2D eigenvalue weighted by atomic mass is 35.5. The van der Waals surface area contributed by atoms with Crippen LogP contribution in [0.25, 0.3) is 5.88 Å². The number of carbonyl (C=O) groups excluding carboxylic acids is 1. The molecule has 0 atom stereocenters. The van der Waals surface area contributed by atoms with Gasteiger partial charge in [-0.2, -0.15) is 5.26 Å². The number of amides is 1. The Morgan fingerprint density at radius 3 is 2.56 bits per heavy atom. The van der Waals surface area contributed by atoms with Gasteiger partial charge in [-0.15, -0.1) is 0 Å². The second-order valence-corrected chi connectivity index (χ2v) is 9.28. The van der Waals surface area contributed by atoms with E-state index < -0.39 is 15.9 Å². The zero-order valence-electron chi connectivity index (χ0n) is 17.6. The maximum Gasteiger partial charge on any atom is 0.261 e. The highest BCUT2D eigenvalue weighted by molar-refractivity contribution is 7.92. The first-order chi connectivity index (χ1) is 16.2. The van der Waals surface area contributed by atoms with Crippen LogP contribution in [-0.2, 0) is 10.0 Å². The van der Waals surface area contributed by atoms with Gasteiger partial charge in [0.25, 0.3) is 15.9 Å². The number of furan rings is 1. The number of benzene rings is 2. The Hall–Kier alpha value is -4.20. The van der Waals surface area contributed by atoms with Crippen LogP contribution < -0.4 is 10.0 Å². The number of rotatable bonds is 6. The van der Waals surface area contributed by atoms with Crippen molar-refractivity contribution in [2.75, 3.05) is 10.0 Å². The molecule has 3 N–H and O–H groups in total. The molecule has 0 radical (unpaired) electrons. The van der Waals surface area contributed by atoms with Crippen LogP contribution in [-0.4, -0.2) is 24.0 Å². The third-order valence-electron chi connectivity index (χ3n) is 4.85. The minimum atomic E-state index is -4.06. The average Bonchev–Trinajstić information content (AvgIpc) is 3.42. The highest BCUT2D eigenvalue weighted by Gasteiger charge is 2.26. The van der Waals surface area contributed by atoms with Gasteiger partial charge in [0.2, 0.25) is 5.88 Å². The minimum absolute atomic E-state index is 0.00270. The van der Waals surface area contributed by atoms with Gasteiger partial charge in [-0.1, -0.05) is 17.7 Å². The van der Waals surface area contributed by atoms with E-state index in [9.17, 15) is 23.6 Å². The number of aromatic nitrogens is 1. The number of nitrogens with zero attached hydrogens (tertiary/aromatic N) is 2. The quantitative estimate of drug-likeness (QED) is 0.332. The normalized spacial score (nSPS) is 11.1. The topological polar surface area (TPSA) is 137 Å². The van der Waals surface area contributed by atoms with Crippen LogP contribution in [0, 0.1) is 18.3 Å². The smallest absolute Gasteiger partial charge is 0.261 e. The molecule has 0 spiro atoms. The van der Waals surface area contributed by atoms with E-state index in [2.05, 4.69) is 10.0 Å². The second-order valence-electron chi connectivity index (χ2n) is 7.16. The molecule has 2 aromatic heterocycles. The largest absolute Gasteiger partial charge is 0.506 e. The number of hydrogen-bond acceptors (Lipinski definition) is 6. The lowest BCUT2D eigenvalue weighted by atomic mass is 10.1. The number of carbonyl (C=O) groups is 1. The predicted molar refractivity (Wildman–Crippen MR) is 126 cm³/mol. The molecule has 0 saturated carbocycles. The molecule has 1 amide bonds. The van der Waals surface area contributed by atoms with Crippen LogP contribution in [0.3, 0.4) is 0 Å². The fourth-order valence-corrected chi connectivity index (χ4v) is 4.56. The van der Waals surface area contributed by atoms with Crippen LogP contribution in [0.15, 0.2) is 76.3 Å². The maximum absolute atomic E-state index is 13.0. The van der Waals surface area contributed by atoms with Crippen molar-refractivity contribution in [1.82, 2.24) is 4.57 Å². The molecular weight excluding hydrogens is 480 g/mol. The Morgan fingerprint density at radius 2 is 1.88 bits per heavy atom. The molecule has 0 unspecified atom stereocenters. The monoisotopic (exact) mass is 496 g/mol. The first-order valence-electron chi connectivity index (χ1n) is 9.79. The molecule has 0 aliphatic carbocycles. The number of aryl methyl sites for hydroxylation is 1. The van der Waals surface area contributed by atoms with E-state index in [-0.39, 0.29) is 44.8 Å². The third kappa shape index (κ3) is 4.47. The van der Waals surface area contributed by atoms with Crippen molar-refractivity contribution in [3.8, 4) is 17.7 Å². The lowest BCUT2D eigenvalue weighted by Gasteiger charge is -2.12. The van der Waals surface area contributed by atoms with Gasteiger partial charge in [-0.3, -0.25) is 14.1 Å². The number of halogens is 1. The summed E-state index contributed by atoms with van der Waals surface area (Å²) in [7, 11) is -4.06. The van der Waals surface area contributed by atoms with Crippen LogP contribution in [0.4, 0.5) is 11.4 Å². The van der Waals surface area contributed by atoms with E-state index in [0.717, 1.165) is 12.1 Å². The second kappa shape index (κ2) is 8.97. The van der Waals surface area contributed by atoms with Gasteiger partial charge in [0.05, 0.1) is 16.3 Å². The van der Waals surface area contributed by atoms with Crippen molar-refractivity contribution in [2.45, 2.75) is 11.8 Å². The van der Waals surface area contributed by atoms with Crippen LogP contribution in [0.5, 0.6) is 5.75 Å². The van der Waals surface area contributed by atoms with Gasteiger partial charge in [0, 0.05) is 17.4 Å². The molecule has 4 aromatic rings. The number of sulfonamides is 1. The summed E-state index contributed by atoms with van der Waals surface area (Å²) in [5.41, 5.74) is 0.0513. The lowest BCUT2D eigenvalue weighted by Crippen LogP contribution is -2.16. The number of nitriles is 1. The van der Waals surface area contributed by atoms with E-state index in [0.29, 0.717) is 5.02 Å². The molecule has 0 saturated heterocycles. The standard InChI is InChI=1S/C23H17ClN4O5S/c1-14-21(18(13-25)23(33-14)28-9-2-3-10-28)22(30)26-19-12-17(7-8-20(19)29)34(31,32)27-16-6-4-5-15(24)11-16/h2-12,27,29H,1H3,(H,26,30). The van der Waals surface area contributed by atoms with Crippen molar-refractivity contribution in [3.63, 3.8) is 0 Å². The molecule has 0 fully saturated rings. The summed E-state index contributed by atoms with van der Waals surface area (Å²) < 4.78 is 35.2. The van der Waals surface area contributed by atoms with Crippen LogP contribution >= 0.6 is 11.6 Å². The SMILES string of the molecule is Cc1oc(-n2cccc2)c(C#N)c1C(=O)Nc1cc(S(=O)(=O)Nc2cccc(Cl)c2)ccc1O. The Balaban J connectivity index is 1.65. The Kier molecular flexibility index (Phi) is 6.06. The number of aromatic hydroxyl groups is 1. The molecule has 0 aliphatic rings. The van der Waals surface area contributed by atoms with Gasteiger partial charge in [0.1, 0.15) is 28.7 Å². The summed E-state index contributed by atoms with van der Waals surface area (Å²) in [6, 6.07) is 15.0. The molecule has 34 heavy (non-hydrogen) atoms. The molecular formula is C23H17ClN4O5S. The predicted octanol–water partition coefficient (Wildman–Crippen LogP) is 4.66. The highest BCUT2D eigenvalue weighted by Crippen LogP contribution is 2.31. The summed E-state index contributed by atoms with van der Waals surface area (Å²) in [6.07, 6.45) is 3.32. The third-order valence-corrected chi connectivity index (χ3v) is 6.46. The summed E-state index contributed by atoms with van der Waals surface area (Å²) >= 11 is 5.91. The molecule has 172 valence electrons. The van der Waals surface area contributed by atoms with Crippen LogP contribution in [0.2, 0.25) is 5.02 Å². The fourth-order valence-electron chi connectivity index (χ4n) is 3.29. The first kappa shape index (κ1) is 23.0. The summed E-state index contributed by atoms with van der Waals surface area (Å²) in [6.45, 7) is 1.53. The molecule has 11 heteroatoms. The van der Waals surface area contributed by atoms with Gasteiger partial charge >= 0.3 is 0 Å². The Morgan fingerprint density at radius 1 is 1.15 bits per heavy atom. The van der Waals surface area contributed by atoms with Crippen molar-refractivity contribution in [3.05, 3.63) is 88.9 Å². The number of hydrogen-bond donors (Lipinski definition) is 3. The van der Waals surface area contributed by atoms with E-state index in [1.54, 1.807) is 41.2 Å². The van der Waals surface area contributed by atoms with Crippen molar-refractivity contribution >= 4 is 38.9 Å². The number of phenols is 1. The van der Waals surface area contributed by atoms with E-state index in [4.69, 9.17) is 16.0 Å². The molecule has 4 rings (SSSR count). The van der Waals surface area contributed by atoms with Gasteiger partial charge < -0.3 is 14.8 Å². The number of phenolic OH excluding ortho intramolecular Hbond substituents is 1. The molecule has 0 aliphatic heterocycles. The Bertz CT molecular complexity index is 1540. The lowest BCUT2D eigenvalue weighted by molar-refractivity contribution is 0.102. The van der Waals surface area contributed by atoms with Crippen molar-refractivity contribution < 1.29 is 22.7 Å². The van der Waals surface area contributed by atoms with Gasteiger partial charge in [-0.25, -0.2) is 8.42 Å². The van der Waals surface area contributed by atoms with Gasteiger partial charge in [0.15, 0.2) is 0 Å². The summed E-state index contributed by atoms with van der Waals surface area (Å²) in [4.78, 5) is 12.8. The molecule has 2 aromatic carbocycles. The van der Waals surface area contributed by atoms with Gasteiger partial charge in [-0.05, 0) is 55.5 Å². The maximum atomic E-state index is 13.0. The van der Waals surface area contributed by atoms with E-state index >= 15 is 0 Å². The fraction of sp³-hybridized carbons (Fsp3) is 0.0435. The molecule has 9 nitrogen and oxygen atoms in total. The first-order valence-corrected chi connectivity index (χ1v) is 11.7. The van der Waals surface area contributed by atoms with Crippen molar-refractivity contribution in [1.29, 1.82) is 5.26 Å². The summed E-state index contributed by atoms with van der Waals surface area (Å²) in [5, 5.41) is 22.7. The van der Waals surface area contributed by atoms with E-state index in [1.165, 1.54) is 25.1 Å². The minimum Gasteiger partial charge on any atom is -0.506 e. The Labute approximate surface area is 199 Å². The average molecular weight is 497 g/mol. The number of nitrogens with one attached hydrogen (secondary N) is 2. The molecule has 0 bridgehead atoms. The summed E-state index contributed by atoms with van der Waals surface area (Å²) in [5.74, 6) is -0.755. The zero-order chi connectivity index (χ0) is 24.5. The van der Waals surface area contributed by atoms with Crippen LogP contribution in [0.1, 0.15) is 21.7 Å². The zero-order valence-corrected chi connectivity index (χ0v) is 19.2. The molecule has 2 heterocycles.